The van der Waals surface area contributed by atoms with Gasteiger partial charge in [0.15, 0.2) is 0 Å². The van der Waals surface area contributed by atoms with Crippen LogP contribution in [0.5, 0.6) is 0 Å². The SMILES string of the molecule is O=C(CCl)N1CCc2c([nH]c3ccccc23)C1. The quantitative estimate of drug-likeness (QED) is 0.773. The molecule has 0 radical (unpaired) electrons. The number of nitrogens with zero attached hydrogens (tertiary/aromatic N) is 1. The van der Waals surface area contributed by atoms with E-state index in [1.54, 1.807) is 0 Å². The third kappa shape index (κ3) is 1.71. The van der Waals surface area contributed by atoms with Gasteiger partial charge in [0.05, 0.1) is 6.54 Å². The minimum absolute atomic E-state index is 0.0102. The first kappa shape index (κ1) is 10.7. The standard InChI is InChI=1S/C13H13ClN2O/c14-7-13(17)16-6-5-10-9-3-1-2-4-11(9)15-12(10)8-16/h1-4,15H,5-8H2. The number of carbonyl (C=O) groups is 1. The molecule has 0 unspecified atom stereocenters. The topological polar surface area (TPSA) is 36.1 Å². The van der Waals surface area contributed by atoms with Crippen LogP contribution in [0.15, 0.2) is 24.3 Å². The molecule has 1 aromatic heterocycles. The Morgan fingerprint density at radius 1 is 1.41 bits per heavy atom. The van der Waals surface area contributed by atoms with E-state index in [0.717, 1.165) is 24.2 Å². The molecular weight excluding hydrogens is 236 g/mol. The highest BCUT2D eigenvalue weighted by Gasteiger charge is 2.22. The molecule has 1 aliphatic rings. The molecule has 88 valence electrons. The van der Waals surface area contributed by atoms with Crippen molar-refractivity contribution in [3.63, 3.8) is 0 Å². The first-order valence-corrected chi connectivity index (χ1v) is 6.25. The number of para-hydroxylation sites is 1. The molecule has 0 saturated heterocycles. The number of carbonyl (C=O) groups excluding carboxylic acids is 1. The number of H-pyrrole nitrogens is 1. The predicted octanol–water partition coefficient (Wildman–Crippen LogP) is 2.29. The number of fused-ring (bicyclic) bond motifs is 3. The van der Waals surface area contributed by atoms with Gasteiger partial charge in [0.1, 0.15) is 5.88 Å². The second-order valence-corrected chi connectivity index (χ2v) is 4.59. The molecule has 0 aliphatic carbocycles. The third-order valence-corrected chi connectivity index (χ3v) is 3.58. The summed E-state index contributed by atoms with van der Waals surface area (Å²) in [5.41, 5.74) is 3.65. The van der Waals surface area contributed by atoms with Gasteiger partial charge in [0.25, 0.3) is 0 Å². The van der Waals surface area contributed by atoms with E-state index in [1.807, 2.05) is 17.0 Å². The molecular formula is C13H13ClN2O. The van der Waals surface area contributed by atoms with E-state index >= 15 is 0 Å². The highest BCUT2D eigenvalue weighted by Crippen LogP contribution is 2.27. The fourth-order valence-electron chi connectivity index (χ4n) is 2.49. The number of aromatic nitrogens is 1. The molecule has 3 nitrogen and oxygen atoms in total. The van der Waals surface area contributed by atoms with Crippen LogP contribution in [-0.4, -0.2) is 28.2 Å². The number of nitrogens with one attached hydrogen (secondary N) is 1. The molecule has 3 rings (SSSR count). The van der Waals surface area contributed by atoms with Crippen LogP contribution in [0, 0.1) is 0 Å². The lowest BCUT2D eigenvalue weighted by molar-refractivity contribution is -0.129. The molecule has 2 aromatic rings. The minimum Gasteiger partial charge on any atom is -0.357 e. The van der Waals surface area contributed by atoms with Gasteiger partial charge in [-0.3, -0.25) is 4.79 Å². The summed E-state index contributed by atoms with van der Waals surface area (Å²) in [4.78, 5) is 16.8. The first-order valence-electron chi connectivity index (χ1n) is 5.72. The Labute approximate surface area is 104 Å². The second-order valence-electron chi connectivity index (χ2n) is 4.33. The zero-order valence-electron chi connectivity index (χ0n) is 9.37. The average Bonchev–Trinajstić information content (AvgIpc) is 2.75. The molecule has 0 atom stereocenters. The fraction of sp³-hybridized carbons (Fsp3) is 0.308. The first-order chi connectivity index (χ1) is 8.29. The van der Waals surface area contributed by atoms with Crippen molar-refractivity contribution in [1.82, 2.24) is 9.88 Å². The van der Waals surface area contributed by atoms with Crippen molar-refractivity contribution in [2.45, 2.75) is 13.0 Å². The van der Waals surface area contributed by atoms with E-state index in [2.05, 4.69) is 17.1 Å². The maximum absolute atomic E-state index is 11.6. The molecule has 4 heteroatoms. The van der Waals surface area contributed by atoms with Gasteiger partial charge in [-0.1, -0.05) is 18.2 Å². The van der Waals surface area contributed by atoms with E-state index in [1.165, 1.54) is 10.9 Å². The summed E-state index contributed by atoms with van der Waals surface area (Å²) < 4.78 is 0. The summed E-state index contributed by atoms with van der Waals surface area (Å²) >= 11 is 5.59. The Kier molecular flexibility index (Phi) is 2.56. The van der Waals surface area contributed by atoms with Crippen LogP contribution in [0.4, 0.5) is 0 Å². The van der Waals surface area contributed by atoms with Gasteiger partial charge in [0, 0.05) is 23.1 Å². The zero-order valence-corrected chi connectivity index (χ0v) is 10.1. The van der Waals surface area contributed by atoms with Gasteiger partial charge in [-0.2, -0.15) is 0 Å². The molecule has 17 heavy (non-hydrogen) atoms. The van der Waals surface area contributed by atoms with Gasteiger partial charge in [-0.25, -0.2) is 0 Å². The monoisotopic (exact) mass is 248 g/mol. The van der Waals surface area contributed by atoms with Crippen molar-refractivity contribution in [1.29, 1.82) is 0 Å². The summed E-state index contributed by atoms with van der Waals surface area (Å²) in [5.74, 6) is 0.0752. The molecule has 0 spiro atoms. The van der Waals surface area contributed by atoms with E-state index < -0.39 is 0 Å². The van der Waals surface area contributed by atoms with E-state index in [-0.39, 0.29) is 11.8 Å². The number of aromatic amines is 1. The maximum Gasteiger partial charge on any atom is 0.237 e. The lowest BCUT2D eigenvalue weighted by atomic mass is 10.0. The Morgan fingerprint density at radius 3 is 3.06 bits per heavy atom. The molecule has 0 fully saturated rings. The maximum atomic E-state index is 11.6. The van der Waals surface area contributed by atoms with Crippen molar-refractivity contribution < 1.29 is 4.79 Å². The number of halogens is 1. The highest BCUT2D eigenvalue weighted by atomic mass is 35.5. The summed E-state index contributed by atoms with van der Waals surface area (Å²) in [6, 6.07) is 8.27. The second kappa shape index (κ2) is 4.08. The number of rotatable bonds is 1. The fourth-order valence-corrected chi connectivity index (χ4v) is 2.66. The van der Waals surface area contributed by atoms with E-state index in [0.29, 0.717) is 6.54 Å². The van der Waals surface area contributed by atoms with E-state index in [4.69, 9.17) is 11.6 Å². The summed E-state index contributed by atoms with van der Waals surface area (Å²) in [6.07, 6.45) is 0.905. The lowest BCUT2D eigenvalue weighted by Gasteiger charge is -2.26. The van der Waals surface area contributed by atoms with Gasteiger partial charge in [0.2, 0.25) is 5.91 Å². The molecule has 1 N–H and O–H groups in total. The highest BCUT2D eigenvalue weighted by molar-refractivity contribution is 6.27. The van der Waals surface area contributed by atoms with Crippen molar-refractivity contribution in [3.05, 3.63) is 35.5 Å². The van der Waals surface area contributed by atoms with Gasteiger partial charge < -0.3 is 9.88 Å². The Balaban J connectivity index is 2.00. The summed E-state index contributed by atoms with van der Waals surface area (Å²) in [6.45, 7) is 1.41. The number of hydrogen-bond donors (Lipinski definition) is 1. The molecule has 1 amide bonds. The number of benzene rings is 1. The van der Waals surface area contributed by atoms with E-state index in [9.17, 15) is 4.79 Å². The molecule has 2 heterocycles. The van der Waals surface area contributed by atoms with Crippen LogP contribution in [0.3, 0.4) is 0 Å². The molecule has 1 aromatic carbocycles. The predicted molar refractivity (Wildman–Crippen MR) is 68.1 cm³/mol. The van der Waals surface area contributed by atoms with Gasteiger partial charge in [-0.05, 0) is 18.1 Å². The smallest absolute Gasteiger partial charge is 0.237 e. The number of amides is 1. The normalized spacial score (nSPS) is 15.0. The Bertz CT molecular complexity index is 576. The van der Waals surface area contributed by atoms with Crippen LogP contribution >= 0.6 is 11.6 Å². The minimum atomic E-state index is 0.0102. The summed E-state index contributed by atoms with van der Waals surface area (Å²) in [5, 5.41) is 1.28. The lowest BCUT2D eigenvalue weighted by Crippen LogP contribution is -2.36. The van der Waals surface area contributed by atoms with Crippen molar-refractivity contribution >= 4 is 28.4 Å². The summed E-state index contributed by atoms with van der Waals surface area (Å²) in [7, 11) is 0. The van der Waals surface area contributed by atoms with Gasteiger partial charge >= 0.3 is 0 Å². The van der Waals surface area contributed by atoms with Crippen LogP contribution in [0.25, 0.3) is 10.9 Å². The molecule has 0 saturated carbocycles. The van der Waals surface area contributed by atoms with Crippen molar-refractivity contribution in [2.75, 3.05) is 12.4 Å². The molecule has 1 aliphatic heterocycles. The van der Waals surface area contributed by atoms with Crippen LogP contribution < -0.4 is 0 Å². The Hall–Kier alpha value is -1.48. The number of alkyl halides is 1. The van der Waals surface area contributed by atoms with Crippen LogP contribution in [0.2, 0.25) is 0 Å². The van der Waals surface area contributed by atoms with Crippen molar-refractivity contribution in [2.24, 2.45) is 0 Å². The zero-order chi connectivity index (χ0) is 11.8. The number of hydrogen-bond acceptors (Lipinski definition) is 1. The van der Waals surface area contributed by atoms with Crippen LogP contribution in [-0.2, 0) is 17.8 Å². The molecule has 0 bridgehead atoms. The van der Waals surface area contributed by atoms with Crippen molar-refractivity contribution in [3.8, 4) is 0 Å². The van der Waals surface area contributed by atoms with Gasteiger partial charge in [-0.15, -0.1) is 11.6 Å². The largest absolute Gasteiger partial charge is 0.357 e. The Morgan fingerprint density at radius 2 is 2.24 bits per heavy atom. The average molecular weight is 249 g/mol. The van der Waals surface area contributed by atoms with Crippen LogP contribution in [0.1, 0.15) is 11.3 Å². The third-order valence-electron chi connectivity index (χ3n) is 3.35.